The fraction of sp³-hybridized carbons (Fsp3) is 0.444. The van der Waals surface area contributed by atoms with E-state index in [4.69, 9.17) is 11.1 Å². The molecule has 7 nitrogen and oxygen atoms in total. The van der Waals surface area contributed by atoms with Crippen LogP contribution in [0.5, 0.6) is 0 Å². The number of amides is 2. The minimum atomic E-state index is -0.888. The number of guanidine groups is 1. The predicted molar refractivity (Wildman–Crippen MR) is 135 cm³/mol. The second-order valence-electron chi connectivity index (χ2n) is 9.43. The molecule has 0 aliphatic carbocycles. The minimum absolute atomic E-state index is 0.0710. The lowest BCUT2D eigenvalue weighted by Gasteiger charge is -2.28. The number of nitrogens with one attached hydrogen (secondary N) is 3. The van der Waals surface area contributed by atoms with Crippen LogP contribution in [0.25, 0.3) is 0 Å². The quantitative estimate of drug-likeness (QED) is 0.362. The smallest absolute Gasteiger partial charge is 0.259 e. The van der Waals surface area contributed by atoms with Crippen molar-refractivity contribution in [3.63, 3.8) is 0 Å². The zero-order valence-corrected chi connectivity index (χ0v) is 20.2. The van der Waals surface area contributed by atoms with Gasteiger partial charge in [0.1, 0.15) is 5.54 Å². The Hall–Kier alpha value is -3.19. The van der Waals surface area contributed by atoms with Crippen molar-refractivity contribution in [2.24, 2.45) is 11.7 Å². The summed E-state index contributed by atoms with van der Waals surface area (Å²) in [4.78, 5) is 27.4. The molecule has 7 heteroatoms. The van der Waals surface area contributed by atoms with Crippen LogP contribution >= 0.6 is 0 Å². The van der Waals surface area contributed by atoms with Crippen molar-refractivity contribution in [1.82, 2.24) is 15.5 Å². The molecule has 2 unspecified atom stereocenters. The van der Waals surface area contributed by atoms with Gasteiger partial charge in [0.05, 0.1) is 6.04 Å². The van der Waals surface area contributed by atoms with Gasteiger partial charge in [-0.3, -0.25) is 19.9 Å². The van der Waals surface area contributed by atoms with Crippen molar-refractivity contribution in [2.45, 2.75) is 57.5 Å². The maximum atomic E-state index is 13.5. The number of rotatable bonds is 12. The molecule has 2 aromatic carbocycles. The standard InChI is InChI=1S/C27H37N5O2/c1-20(2)15-16-27(22-13-7-4-8-14-22)25(34)32(26(29)31-27)18-10-9-17-30-24(33)23(28)19-21-11-5-3-6-12-21/h3-8,11-14,20,23H,9-10,15-19,28H2,1-2H3,(H2,29,31)(H,30,33). The van der Waals surface area contributed by atoms with Crippen molar-refractivity contribution >= 4 is 17.8 Å². The summed E-state index contributed by atoms with van der Waals surface area (Å²) < 4.78 is 0. The number of unbranched alkanes of at least 4 members (excludes halogenated alkanes) is 1. The lowest BCUT2D eigenvalue weighted by atomic mass is 9.83. The SMILES string of the molecule is CC(C)CCC1(c2ccccc2)NC(=N)N(CCCCNC(=O)C(N)Cc2ccccc2)C1=O. The fourth-order valence-corrected chi connectivity index (χ4v) is 4.30. The highest BCUT2D eigenvalue weighted by Crippen LogP contribution is 2.34. The summed E-state index contributed by atoms with van der Waals surface area (Å²) in [5.74, 6) is 0.354. The second-order valence-corrected chi connectivity index (χ2v) is 9.43. The van der Waals surface area contributed by atoms with Crippen molar-refractivity contribution in [1.29, 1.82) is 5.41 Å². The van der Waals surface area contributed by atoms with Gasteiger partial charge in [-0.05, 0) is 49.1 Å². The van der Waals surface area contributed by atoms with E-state index in [1.54, 1.807) is 0 Å². The van der Waals surface area contributed by atoms with Gasteiger partial charge in [0, 0.05) is 13.1 Å². The van der Waals surface area contributed by atoms with E-state index < -0.39 is 11.6 Å². The summed E-state index contributed by atoms with van der Waals surface area (Å²) in [5, 5.41) is 14.5. The molecular formula is C27H37N5O2. The number of carbonyl (C=O) groups is 2. The monoisotopic (exact) mass is 463 g/mol. The molecule has 2 aromatic rings. The van der Waals surface area contributed by atoms with Gasteiger partial charge in [-0.15, -0.1) is 0 Å². The molecular weight excluding hydrogens is 426 g/mol. The van der Waals surface area contributed by atoms with Gasteiger partial charge in [-0.25, -0.2) is 0 Å². The molecule has 1 saturated heterocycles. The van der Waals surface area contributed by atoms with Gasteiger partial charge in [0.2, 0.25) is 5.91 Å². The zero-order chi connectivity index (χ0) is 24.6. The van der Waals surface area contributed by atoms with Gasteiger partial charge < -0.3 is 16.4 Å². The molecule has 1 fully saturated rings. The van der Waals surface area contributed by atoms with E-state index in [9.17, 15) is 9.59 Å². The summed E-state index contributed by atoms with van der Waals surface area (Å²) in [7, 11) is 0. The molecule has 0 bridgehead atoms. The number of benzene rings is 2. The first-order chi connectivity index (χ1) is 16.3. The van der Waals surface area contributed by atoms with E-state index in [1.165, 1.54) is 4.90 Å². The summed E-state index contributed by atoms with van der Waals surface area (Å²) in [6, 6.07) is 18.8. The maximum absolute atomic E-state index is 13.5. The molecule has 1 aliphatic rings. The number of hydrogen-bond donors (Lipinski definition) is 4. The Morgan fingerprint density at radius 2 is 1.74 bits per heavy atom. The van der Waals surface area contributed by atoms with Gasteiger partial charge in [-0.1, -0.05) is 74.5 Å². The van der Waals surface area contributed by atoms with Crippen LogP contribution in [0.15, 0.2) is 60.7 Å². The average molecular weight is 464 g/mol. The molecule has 182 valence electrons. The number of nitrogens with two attached hydrogens (primary N) is 1. The second kappa shape index (κ2) is 11.8. The topological polar surface area (TPSA) is 111 Å². The van der Waals surface area contributed by atoms with Crippen LogP contribution in [-0.2, 0) is 21.5 Å². The summed E-state index contributed by atoms with van der Waals surface area (Å²) in [6.45, 7) is 5.21. The van der Waals surface area contributed by atoms with Crippen LogP contribution in [-0.4, -0.2) is 41.8 Å². The Kier molecular flexibility index (Phi) is 8.82. The van der Waals surface area contributed by atoms with Gasteiger partial charge in [0.15, 0.2) is 5.96 Å². The predicted octanol–water partition coefficient (Wildman–Crippen LogP) is 3.15. The number of carbonyl (C=O) groups excluding carboxylic acids is 2. The van der Waals surface area contributed by atoms with Crippen molar-refractivity contribution in [2.75, 3.05) is 13.1 Å². The van der Waals surface area contributed by atoms with Gasteiger partial charge >= 0.3 is 0 Å². The summed E-state index contributed by atoms with van der Waals surface area (Å²) in [6.07, 6.45) is 3.39. The van der Waals surface area contributed by atoms with Crippen LogP contribution in [0.4, 0.5) is 0 Å². The summed E-state index contributed by atoms with van der Waals surface area (Å²) in [5.41, 5.74) is 7.07. The fourth-order valence-electron chi connectivity index (χ4n) is 4.30. The first kappa shape index (κ1) is 25.4. The Balaban J connectivity index is 1.50. The Labute approximate surface area is 202 Å². The van der Waals surface area contributed by atoms with Crippen LogP contribution in [0.3, 0.4) is 0 Å². The largest absolute Gasteiger partial charge is 0.355 e. The van der Waals surface area contributed by atoms with Gasteiger partial charge in [0.25, 0.3) is 5.91 Å². The van der Waals surface area contributed by atoms with Crippen LogP contribution < -0.4 is 16.4 Å². The van der Waals surface area contributed by atoms with Crippen LogP contribution in [0, 0.1) is 11.3 Å². The third-order valence-electron chi connectivity index (χ3n) is 6.32. The van der Waals surface area contributed by atoms with E-state index in [2.05, 4.69) is 24.5 Å². The molecule has 2 atom stereocenters. The van der Waals surface area contributed by atoms with E-state index in [0.29, 0.717) is 44.7 Å². The lowest BCUT2D eigenvalue weighted by Crippen LogP contribution is -2.44. The van der Waals surface area contributed by atoms with E-state index in [-0.39, 0.29) is 17.8 Å². The summed E-state index contributed by atoms with van der Waals surface area (Å²) >= 11 is 0. The van der Waals surface area contributed by atoms with Crippen LogP contribution in [0.1, 0.15) is 50.7 Å². The number of hydrogen-bond acceptors (Lipinski definition) is 4. The molecule has 5 N–H and O–H groups in total. The first-order valence-corrected chi connectivity index (χ1v) is 12.1. The molecule has 0 radical (unpaired) electrons. The first-order valence-electron chi connectivity index (χ1n) is 12.1. The third kappa shape index (κ3) is 6.23. The Morgan fingerprint density at radius 1 is 1.09 bits per heavy atom. The van der Waals surface area contributed by atoms with Crippen molar-refractivity contribution in [3.05, 3.63) is 71.8 Å². The third-order valence-corrected chi connectivity index (χ3v) is 6.32. The van der Waals surface area contributed by atoms with Crippen molar-refractivity contribution in [3.8, 4) is 0 Å². The molecule has 0 aromatic heterocycles. The van der Waals surface area contributed by atoms with E-state index in [1.807, 2.05) is 60.7 Å². The Bertz CT molecular complexity index is 964. The van der Waals surface area contributed by atoms with Crippen molar-refractivity contribution < 1.29 is 9.59 Å². The lowest BCUT2D eigenvalue weighted by molar-refractivity contribution is -0.132. The zero-order valence-electron chi connectivity index (χ0n) is 20.2. The molecule has 0 spiro atoms. The highest BCUT2D eigenvalue weighted by atomic mass is 16.2. The maximum Gasteiger partial charge on any atom is 0.259 e. The van der Waals surface area contributed by atoms with Gasteiger partial charge in [-0.2, -0.15) is 0 Å². The molecule has 34 heavy (non-hydrogen) atoms. The average Bonchev–Trinajstić information content (AvgIpc) is 3.08. The van der Waals surface area contributed by atoms with E-state index in [0.717, 1.165) is 17.5 Å². The normalized spacial score (nSPS) is 18.8. The molecule has 1 heterocycles. The highest BCUT2D eigenvalue weighted by Gasteiger charge is 2.50. The minimum Gasteiger partial charge on any atom is -0.355 e. The molecule has 1 aliphatic heterocycles. The Morgan fingerprint density at radius 3 is 2.38 bits per heavy atom. The van der Waals surface area contributed by atoms with Crippen LogP contribution in [0.2, 0.25) is 0 Å². The molecule has 2 amide bonds. The molecule has 3 rings (SSSR count). The highest BCUT2D eigenvalue weighted by molar-refractivity contribution is 6.08. The molecule has 0 saturated carbocycles. The van der Waals surface area contributed by atoms with E-state index >= 15 is 0 Å². The number of nitrogens with zero attached hydrogens (tertiary/aromatic N) is 1.